The standard InChI is InChI=1S/C20H30N2O2.C2H6/c1-3-5-6-7-11-20(24)22-14-12-21(13-15-22)18-10-8-9-17(16-18)19(23)4-2;1-2/h8-10,16H,3-7,11-15H2,1-2H3;1-2H3. The van der Waals surface area contributed by atoms with Gasteiger partial charge in [-0.25, -0.2) is 0 Å². The second-order valence-electron chi connectivity index (χ2n) is 6.51. The zero-order chi connectivity index (χ0) is 19.4. The largest absolute Gasteiger partial charge is 0.368 e. The number of nitrogens with zero attached hydrogens (tertiary/aromatic N) is 2. The Bertz CT molecular complexity index is 549. The van der Waals surface area contributed by atoms with Gasteiger partial charge in [-0.3, -0.25) is 9.59 Å². The van der Waals surface area contributed by atoms with Gasteiger partial charge in [-0.05, 0) is 18.6 Å². The van der Waals surface area contributed by atoms with Crippen LogP contribution < -0.4 is 4.90 Å². The van der Waals surface area contributed by atoms with Crippen LogP contribution in [0.3, 0.4) is 0 Å². The predicted molar refractivity (Wildman–Crippen MR) is 110 cm³/mol. The molecule has 0 aliphatic carbocycles. The number of ketones is 1. The van der Waals surface area contributed by atoms with Gasteiger partial charge in [0.15, 0.2) is 5.78 Å². The van der Waals surface area contributed by atoms with Crippen molar-refractivity contribution in [3.05, 3.63) is 29.8 Å². The quantitative estimate of drug-likeness (QED) is 0.488. The van der Waals surface area contributed by atoms with Gasteiger partial charge in [0, 0.05) is 50.3 Å². The Kier molecular flexibility index (Phi) is 10.7. The summed E-state index contributed by atoms with van der Waals surface area (Å²) in [5.74, 6) is 0.471. The second-order valence-corrected chi connectivity index (χ2v) is 6.51. The molecule has 1 amide bonds. The van der Waals surface area contributed by atoms with E-state index in [1.165, 1.54) is 12.8 Å². The third kappa shape index (κ3) is 6.81. The number of Topliss-reactive ketones (excluding diaryl/α,β-unsaturated/α-hetero) is 1. The van der Waals surface area contributed by atoms with Crippen LogP contribution >= 0.6 is 0 Å². The molecule has 0 aromatic heterocycles. The summed E-state index contributed by atoms with van der Waals surface area (Å²) in [6.07, 6.45) is 5.79. The molecule has 0 radical (unpaired) electrons. The lowest BCUT2D eigenvalue weighted by Gasteiger charge is -2.36. The molecule has 1 saturated heterocycles. The van der Waals surface area contributed by atoms with Crippen molar-refractivity contribution in [1.29, 1.82) is 0 Å². The molecule has 1 aromatic carbocycles. The van der Waals surface area contributed by atoms with Gasteiger partial charge in [0.05, 0.1) is 0 Å². The third-order valence-electron chi connectivity index (χ3n) is 4.73. The maximum absolute atomic E-state index is 12.2. The number of rotatable bonds is 8. The van der Waals surface area contributed by atoms with Gasteiger partial charge >= 0.3 is 0 Å². The van der Waals surface area contributed by atoms with E-state index in [1.807, 2.05) is 43.9 Å². The van der Waals surface area contributed by atoms with Crippen LogP contribution in [-0.2, 0) is 4.79 Å². The lowest BCUT2D eigenvalue weighted by Crippen LogP contribution is -2.48. The smallest absolute Gasteiger partial charge is 0.222 e. The van der Waals surface area contributed by atoms with Crippen molar-refractivity contribution in [2.24, 2.45) is 0 Å². The first-order valence-electron chi connectivity index (χ1n) is 10.3. The van der Waals surface area contributed by atoms with Crippen molar-refractivity contribution >= 4 is 17.4 Å². The Morgan fingerprint density at radius 2 is 1.65 bits per heavy atom. The van der Waals surface area contributed by atoms with Gasteiger partial charge in [0.1, 0.15) is 0 Å². The van der Waals surface area contributed by atoms with Crippen LogP contribution in [0.25, 0.3) is 0 Å². The van der Waals surface area contributed by atoms with E-state index in [0.29, 0.717) is 18.7 Å². The number of benzene rings is 1. The maximum atomic E-state index is 12.2. The summed E-state index contributed by atoms with van der Waals surface area (Å²) in [5.41, 5.74) is 1.87. The molecule has 1 heterocycles. The SMILES string of the molecule is CC.CCCCCCC(=O)N1CCN(c2cccc(C(=O)CC)c2)CC1. The Labute approximate surface area is 159 Å². The number of unbranched alkanes of at least 4 members (excludes halogenated alkanes) is 3. The molecule has 0 saturated carbocycles. The van der Waals surface area contributed by atoms with Crippen molar-refractivity contribution in [3.8, 4) is 0 Å². The Balaban J connectivity index is 0.00000163. The summed E-state index contributed by atoms with van der Waals surface area (Å²) in [7, 11) is 0. The highest BCUT2D eigenvalue weighted by Crippen LogP contribution is 2.19. The van der Waals surface area contributed by atoms with Gasteiger partial charge in [0.2, 0.25) is 5.91 Å². The molecule has 1 aliphatic heterocycles. The molecule has 2 rings (SSSR count). The molecule has 4 nitrogen and oxygen atoms in total. The van der Waals surface area contributed by atoms with Crippen LogP contribution in [0.15, 0.2) is 24.3 Å². The zero-order valence-corrected chi connectivity index (χ0v) is 17.1. The fraction of sp³-hybridized carbons (Fsp3) is 0.636. The molecule has 1 aliphatic rings. The zero-order valence-electron chi connectivity index (χ0n) is 17.1. The Morgan fingerprint density at radius 1 is 0.962 bits per heavy atom. The summed E-state index contributed by atoms with van der Waals surface area (Å²) in [6.45, 7) is 11.3. The van der Waals surface area contributed by atoms with E-state index < -0.39 is 0 Å². The van der Waals surface area contributed by atoms with Crippen molar-refractivity contribution in [2.75, 3.05) is 31.1 Å². The van der Waals surface area contributed by atoms with Gasteiger partial charge in [-0.1, -0.05) is 59.1 Å². The Morgan fingerprint density at radius 3 is 2.27 bits per heavy atom. The number of carbonyl (C=O) groups excluding carboxylic acids is 2. The first-order chi connectivity index (χ1) is 12.7. The summed E-state index contributed by atoms with van der Waals surface area (Å²) in [4.78, 5) is 28.4. The van der Waals surface area contributed by atoms with Gasteiger partial charge < -0.3 is 9.80 Å². The van der Waals surface area contributed by atoms with E-state index in [1.54, 1.807) is 0 Å². The van der Waals surface area contributed by atoms with Crippen LogP contribution in [0.4, 0.5) is 5.69 Å². The minimum Gasteiger partial charge on any atom is -0.368 e. The molecule has 0 N–H and O–H groups in total. The topological polar surface area (TPSA) is 40.6 Å². The Hall–Kier alpha value is -1.84. The van der Waals surface area contributed by atoms with Crippen molar-refractivity contribution in [3.63, 3.8) is 0 Å². The van der Waals surface area contributed by atoms with Gasteiger partial charge in [-0.2, -0.15) is 0 Å². The first-order valence-corrected chi connectivity index (χ1v) is 10.3. The summed E-state index contributed by atoms with van der Waals surface area (Å²) < 4.78 is 0. The van der Waals surface area contributed by atoms with Crippen molar-refractivity contribution in [2.45, 2.75) is 66.2 Å². The van der Waals surface area contributed by atoms with E-state index in [4.69, 9.17) is 0 Å². The minimum absolute atomic E-state index is 0.178. The number of carbonyl (C=O) groups is 2. The van der Waals surface area contributed by atoms with Gasteiger partial charge in [-0.15, -0.1) is 0 Å². The van der Waals surface area contributed by atoms with Crippen LogP contribution in [0.1, 0.15) is 76.6 Å². The molecular formula is C22H36N2O2. The lowest BCUT2D eigenvalue weighted by atomic mass is 10.1. The molecule has 0 spiro atoms. The van der Waals surface area contributed by atoms with Crippen molar-refractivity contribution < 1.29 is 9.59 Å². The van der Waals surface area contributed by atoms with Crippen LogP contribution in [0.2, 0.25) is 0 Å². The third-order valence-corrected chi connectivity index (χ3v) is 4.73. The molecule has 1 aromatic rings. The highest BCUT2D eigenvalue weighted by molar-refractivity contribution is 5.96. The number of hydrogen-bond acceptors (Lipinski definition) is 3. The molecule has 26 heavy (non-hydrogen) atoms. The average molecular weight is 361 g/mol. The van der Waals surface area contributed by atoms with E-state index >= 15 is 0 Å². The lowest BCUT2D eigenvalue weighted by molar-refractivity contribution is -0.131. The van der Waals surface area contributed by atoms with Crippen molar-refractivity contribution in [1.82, 2.24) is 4.90 Å². The number of anilines is 1. The van der Waals surface area contributed by atoms with E-state index in [9.17, 15) is 9.59 Å². The average Bonchev–Trinajstić information content (AvgIpc) is 2.72. The molecular weight excluding hydrogens is 324 g/mol. The predicted octanol–water partition coefficient (Wildman–Crippen LogP) is 4.92. The normalized spacial score (nSPS) is 13.8. The number of hydrogen-bond donors (Lipinski definition) is 0. The van der Waals surface area contributed by atoms with Crippen LogP contribution in [0, 0.1) is 0 Å². The molecule has 4 heteroatoms. The second kappa shape index (κ2) is 12.5. The first kappa shape index (κ1) is 22.2. The fourth-order valence-corrected chi connectivity index (χ4v) is 3.16. The monoisotopic (exact) mass is 360 g/mol. The highest BCUT2D eigenvalue weighted by atomic mass is 16.2. The summed E-state index contributed by atoms with van der Waals surface area (Å²) in [5, 5.41) is 0. The summed E-state index contributed by atoms with van der Waals surface area (Å²) in [6, 6.07) is 7.86. The number of amides is 1. The van der Waals surface area contributed by atoms with Gasteiger partial charge in [0.25, 0.3) is 0 Å². The van der Waals surface area contributed by atoms with E-state index in [-0.39, 0.29) is 5.78 Å². The van der Waals surface area contributed by atoms with E-state index in [2.05, 4.69) is 17.9 Å². The fourth-order valence-electron chi connectivity index (χ4n) is 3.16. The van der Waals surface area contributed by atoms with Crippen LogP contribution in [-0.4, -0.2) is 42.8 Å². The highest BCUT2D eigenvalue weighted by Gasteiger charge is 2.21. The van der Waals surface area contributed by atoms with Crippen LogP contribution in [0.5, 0.6) is 0 Å². The summed E-state index contributed by atoms with van der Waals surface area (Å²) >= 11 is 0. The molecule has 0 bridgehead atoms. The molecule has 0 unspecified atom stereocenters. The maximum Gasteiger partial charge on any atom is 0.222 e. The molecule has 146 valence electrons. The molecule has 0 atom stereocenters. The number of piperazine rings is 1. The minimum atomic E-state index is 0.178. The van der Waals surface area contributed by atoms with E-state index in [0.717, 1.165) is 50.3 Å². The molecule has 1 fully saturated rings.